The summed E-state index contributed by atoms with van der Waals surface area (Å²) in [5, 5.41) is 1.98. The molecule has 0 radical (unpaired) electrons. The number of hydrogen-bond acceptors (Lipinski definition) is 1. The smallest absolute Gasteiger partial charge is 0.319 e. The minimum Gasteiger partial charge on any atom is -0.319 e. The zero-order valence-electron chi connectivity index (χ0n) is 6.57. The lowest BCUT2D eigenvalue weighted by Gasteiger charge is -2.06. The van der Waals surface area contributed by atoms with Gasteiger partial charge < -0.3 is 5.32 Å². The Balaban J connectivity index is 2.71. The highest BCUT2D eigenvalue weighted by Crippen LogP contribution is 2.44. The fourth-order valence-corrected chi connectivity index (χ4v) is 1.79. The lowest BCUT2D eigenvalue weighted by molar-refractivity contribution is -0.139. The molecule has 2 rings (SSSR count). The number of carbonyl (C=O) groups is 1. The number of nitrogens with one attached hydrogen (secondary N) is 1. The Hall–Kier alpha value is -1.04. The predicted octanol–water partition coefficient (Wildman–Crippen LogP) is 2.63. The molecule has 0 unspecified atom stereocenters. The topological polar surface area (TPSA) is 29.1 Å². The molecule has 1 aliphatic heterocycles. The van der Waals surface area contributed by atoms with Crippen molar-refractivity contribution in [2.45, 2.75) is 5.92 Å². The molecule has 74 valence electrons. The second-order valence-electron chi connectivity index (χ2n) is 2.84. The molecule has 1 aliphatic rings. The van der Waals surface area contributed by atoms with Crippen molar-refractivity contribution in [3.8, 4) is 0 Å². The number of anilines is 1. The highest BCUT2D eigenvalue weighted by molar-refractivity contribution is 9.10. The molecule has 0 fully saturated rings. The monoisotopic (exact) mass is 265 g/mol. The lowest BCUT2D eigenvalue weighted by atomic mass is 10.1. The zero-order chi connectivity index (χ0) is 10.5. The average Bonchev–Trinajstić information content (AvgIpc) is 2.28. The number of halogens is 4. The summed E-state index contributed by atoms with van der Waals surface area (Å²) in [5.41, 5.74) is -0.698. The maximum Gasteiger partial charge on any atom is 0.352 e. The molecule has 1 amide bonds. The first-order valence-corrected chi connectivity index (χ1v) is 4.41. The fraction of sp³-hybridized carbons (Fsp3) is 0.125. The van der Waals surface area contributed by atoms with Crippen LogP contribution in [0.3, 0.4) is 0 Å². The van der Waals surface area contributed by atoms with E-state index in [9.17, 15) is 18.0 Å². The Morgan fingerprint density at radius 3 is 2.64 bits per heavy atom. The normalized spacial score (nSPS) is 17.9. The number of benzene rings is 1. The molecule has 0 bridgehead atoms. The molecule has 6 heteroatoms. The summed E-state index contributed by atoms with van der Waals surface area (Å²) in [5.74, 6) is -5.90. The van der Waals surface area contributed by atoms with Gasteiger partial charge in [-0.15, -0.1) is 0 Å². The summed E-state index contributed by atoms with van der Waals surface area (Å²) in [4.78, 5) is 10.8. The minimum absolute atomic E-state index is 0.0681. The summed E-state index contributed by atoms with van der Waals surface area (Å²) < 4.78 is 39.1. The van der Waals surface area contributed by atoms with Gasteiger partial charge in [-0.3, -0.25) is 4.79 Å². The van der Waals surface area contributed by atoms with Crippen molar-refractivity contribution in [3.05, 3.63) is 28.0 Å². The van der Waals surface area contributed by atoms with Crippen molar-refractivity contribution < 1.29 is 18.0 Å². The van der Waals surface area contributed by atoms with Crippen LogP contribution in [0.25, 0.3) is 0 Å². The summed E-state index contributed by atoms with van der Waals surface area (Å²) in [7, 11) is 0. The Kier molecular flexibility index (Phi) is 1.85. The SMILES string of the molecule is O=C1Nc2c(Br)cc(F)cc2C1(F)F. The van der Waals surface area contributed by atoms with Gasteiger partial charge in [-0.2, -0.15) is 8.78 Å². The molecule has 0 aromatic heterocycles. The zero-order valence-corrected chi connectivity index (χ0v) is 8.16. The van der Waals surface area contributed by atoms with Crippen molar-refractivity contribution in [1.82, 2.24) is 0 Å². The van der Waals surface area contributed by atoms with Crippen LogP contribution in [-0.2, 0) is 10.7 Å². The number of hydrogen-bond donors (Lipinski definition) is 1. The molecular formula is C8H3BrF3NO. The molecule has 1 heterocycles. The van der Waals surface area contributed by atoms with Crippen molar-refractivity contribution in [1.29, 1.82) is 0 Å². The van der Waals surface area contributed by atoms with Crippen LogP contribution in [0.2, 0.25) is 0 Å². The van der Waals surface area contributed by atoms with E-state index in [0.29, 0.717) is 6.07 Å². The Morgan fingerprint density at radius 2 is 2.00 bits per heavy atom. The third-order valence-electron chi connectivity index (χ3n) is 1.92. The van der Waals surface area contributed by atoms with Gasteiger partial charge in [0.25, 0.3) is 5.91 Å². The quantitative estimate of drug-likeness (QED) is 0.768. The van der Waals surface area contributed by atoms with Gasteiger partial charge in [0, 0.05) is 4.47 Å². The lowest BCUT2D eigenvalue weighted by Crippen LogP contribution is -2.23. The Labute approximate surface area is 85.2 Å². The molecule has 0 aliphatic carbocycles. The summed E-state index contributed by atoms with van der Waals surface area (Å²) in [6.45, 7) is 0. The molecule has 1 aromatic rings. The Morgan fingerprint density at radius 1 is 1.36 bits per heavy atom. The van der Waals surface area contributed by atoms with E-state index in [1.165, 1.54) is 0 Å². The first kappa shape index (κ1) is 9.51. The van der Waals surface area contributed by atoms with Gasteiger partial charge in [-0.05, 0) is 28.1 Å². The molecule has 0 saturated carbocycles. The first-order chi connectivity index (χ1) is 6.43. The molecule has 14 heavy (non-hydrogen) atoms. The average molecular weight is 266 g/mol. The van der Waals surface area contributed by atoms with Crippen LogP contribution in [0, 0.1) is 5.82 Å². The molecule has 1 aromatic carbocycles. The molecule has 1 N–H and O–H groups in total. The van der Waals surface area contributed by atoms with Crippen molar-refractivity contribution in [2.75, 3.05) is 5.32 Å². The number of amides is 1. The Bertz CT molecular complexity index is 433. The van der Waals surface area contributed by atoms with Crippen LogP contribution in [0.15, 0.2) is 16.6 Å². The van der Waals surface area contributed by atoms with Crippen LogP contribution in [0.4, 0.5) is 18.9 Å². The molecule has 2 nitrogen and oxygen atoms in total. The molecule has 0 spiro atoms. The van der Waals surface area contributed by atoms with E-state index < -0.39 is 23.2 Å². The summed E-state index contributed by atoms with van der Waals surface area (Å²) in [6, 6.07) is 1.67. The van der Waals surface area contributed by atoms with E-state index in [1.807, 2.05) is 5.32 Å². The second kappa shape index (κ2) is 2.73. The number of rotatable bonds is 0. The van der Waals surface area contributed by atoms with Gasteiger partial charge in [-0.25, -0.2) is 4.39 Å². The van der Waals surface area contributed by atoms with Crippen LogP contribution < -0.4 is 5.32 Å². The van der Waals surface area contributed by atoms with E-state index >= 15 is 0 Å². The van der Waals surface area contributed by atoms with E-state index in [4.69, 9.17) is 0 Å². The van der Waals surface area contributed by atoms with Crippen LogP contribution >= 0.6 is 15.9 Å². The fourth-order valence-electron chi connectivity index (χ4n) is 1.26. The van der Waals surface area contributed by atoms with Crippen LogP contribution in [0.5, 0.6) is 0 Å². The third-order valence-corrected chi connectivity index (χ3v) is 2.54. The van der Waals surface area contributed by atoms with Crippen molar-refractivity contribution >= 4 is 27.5 Å². The van der Waals surface area contributed by atoms with E-state index in [-0.39, 0.29) is 10.2 Å². The van der Waals surface area contributed by atoms with Crippen molar-refractivity contribution in [3.63, 3.8) is 0 Å². The number of fused-ring (bicyclic) bond motifs is 1. The number of carbonyl (C=O) groups excluding carboxylic acids is 1. The number of alkyl halides is 2. The van der Waals surface area contributed by atoms with E-state index in [2.05, 4.69) is 15.9 Å². The minimum atomic E-state index is -3.65. The van der Waals surface area contributed by atoms with Gasteiger partial charge >= 0.3 is 5.92 Å². The first-order valence-electron chi connectivity index (χ1n) is 3.61. The summed E-state index contributed by atoms with van der Waals surface area (Å²) in [6.07, 6.45) is 0. The van der Waals surface area contributed by atoms with Gasteiger partial charge in [0.05, 0.1) is 11.3 Å². The summed E-state index contributed by atoms with van der Waals surface area (Å²) >= 11 is 2.89. The standard InChI is InChI=1S/C8H3BrF3NO/c9-5-2-3(10)1-4-6(5)13-7(14)8(4,11)12/h1-2H,(H,13,14). The molecule has 0 saturated heterocycles. The van der Waals surface area contributed by atoms with Crippen LogP contribution in [0.1, 0.15) is 5.56 Å². The van der Waals surface area contributed by atoms with E-state index in [0.717, 1.165) is 6.07 Å². The maximum absolute atomic E-state index is 13.1. The molecule has 0 atom stereocenters. The maximum atomic E-state index is 13.1. The van der Waals surface area contributed by atoms with Crippen LogP contribution in [-0.4, -0.2) is 5.91 Å². The predicted molar refractivity (Wildman–Crippen MR) is 46.6 cm³/mol. The molecular weight excluding hydrogens is 263 g/mol. The van der Waals surface area contributed by atoms with Gasteiger partial charge in [-0.1, -0.05) is 0 Å². The largest absolute Gasteiger partial charge is 0.352 e. The van der Waals surface area contributed by atoms with E-state index in [1.54, 1.807) is 0 Å². The van der Waals surface area contributed by atoms with Gasteiger partial charge in [0.1, 0.15) is 5.82 Å². The third kappa shape index (κ3) is 1.13. The highest BCUT2D eigenvalue weighted by Gasteiger charge is 2.49. The highest BCUT2D eigenvalue weighted by atomic mass is 79.9. The van der Waals surface area contributed by atoms with Crippen molar-refractivity contribution in [2.24, 2.45) is 0 Å². The van der Waals surface area contributed by atoms with Gasteiger partial charge in [0.15, 0.2) is 0 Å². The van der Waals surface area contributed by atoms with Gasteiger partial charge in [0.2, 0.25) is 0 Å². The second-order valence-corrected chi connectivity index (χ2v) is 3.69.